The molecule has 1 aliphatic heterocycles. The van der Waals surface area contributed by atoms with Crippen molar-refractivity contribution >= 4 is 6.09 Å². The highest BCUT2D eigenvalue weighted by atomic mass is 19.4. The van der Waals surface area contributed by atoms with Gasteiger partial charge < -0.3 is 14.4 Å². The second-order valence-corrected chi connectivity index (χ2v) is 7.59. The third-order valence-corrected chi connectivity index (χ3v) is 5.20. The maximum atomic E-state index is 13.6. The molecule has 7 nitrogen and oxygen atoms in total. The van der Waals surface area contributed by atoms with E-state index < -0.39 is 23.9 Å². The normalized spacial score (nSPS) is 16.0. The molecule has 0 radical (unpaired) electrons. The fourth-order valence-electron chi connectivity index (χ4n) is 3.49. The maximum Gasteiger partial charge on any atom is 0.419 e. The van der Waals surface area contributed by atoms with Gasteiger partial charge in [0.1, 0.15) is 11.8 Å². The Hall–Kier alpha value is -3.04. The summed E-state index contributed by atoms with van der Waals surface area (Å²) < 4.78 is 51.4. The number of alkyl halides is 3. The molecule has 0 spiro atoms. The summed E-state index contributed by atoms with van der Waals surface area (Å²) in [6.07, 6.45) is 3.49. The average Bonchev–Trinajstić information content (AvgIpc) is 3.42. The number of aromatic nitrogens is 2. The van der Waals surface area contributed by atoms with Crippen LogP contribution in [0.4, 0.5) is 18.0 Å². The quantitative estimate of drug-likeness (QED) is 0.346. The number of ether oxygens (including phenoxy) is 1. The standard InChI is InChI=1S/C22H26F3N3O4/c1-2-3-4-5-6-7-13-31-18-11-10-15(14-16(18)22(23,24)25)19-26-20(32-27-19)17-9-8-12-28(17)21(29)30/h8-11,14,17H,2-7,12-13H2,1H3,(H,29,30)/t17-/m0/s1. The topological polar surface area (TPSA) is 88.7 Å². The highest BCUT2D eigenvalue weighted by molar-refractivity contribution is 5.67. The summed E-state index contributed by atoms with van der Waals surface area (Å²) in [6.45, 7) is 2.50. The molecule has 0 aliphatic carbocycles. The van der Waals surface area contributed by atoms with Gasteiger partial charge in [0.25, 0.3) is 5.89 Å². The van der Waals surface area contributed by atoms with Crippen LogP contribution in [-0.2, 0) is 6.18 Å². The molecule has 174 valence electrons. The van der Waals surface area contributed by atoms with Crippen molar-refractivity contribution < 1.29 is 32.3 Å². The van der Waals surface area contributed by atoms with E-state index in [1.807, 2.05) is 0 Å². The van der Waals surface area contributed by atoms with Gasteiger partial charge in [0, 0.05) is 12.1 Å². The first kappa shape index (κ1) is 23.6. The number of rotatable bonds is 10. The summed E-state index contributed by atoms with van der Waals surface area (Å²) in [4.78, 5) is 16.5. The van der Waals surface area contributed by atoms with E-state index in [0.29, 0.717) is 6.42 Å². The summed E-state index contributed by atoms with van der Waals surface area (Å²) >= 11 is 0. The van der Waals surface area contributed by atoms with Crippen molar-refractivity contribution in [3.05, 3.63) is 41.8 Å². The van der Waals surface area contributed by atoms with E-state index in [1.165, 1.54) is 12.1 Å². The minimum absolute atomic E-state index is 0.00638. The molecule has 0 unspecified atom stereocenters. The fraction of sp³-hybridized carbons (Fsp3) is 0.500. The van der Waals surface area contributed by atoms with Crippen LogP contribution in [0, 0.1) is 0 Å². The van der Waals surface area contributed by atoms with E-state index in [1.54, 1.807) is 12.2 Å². The van der Waals surface area contributed by atoms with Crippen LogP contribution in [0.25, 0.3) is 11.4 Å². The first-order valence-electron chi connectivity index (χ1n) is 10.7. The van der Waals surface area contributed by atoms with Gasteiger partial charge >= 0.3 is 12.3 Å². The van der Waals surface area contributed by atoms with Gasteiger partial charge in [0.2, 0.25) is 5.82 Å². The minimum Gasteiger partial charge on any atom is -0.493 e. The Kier molecular flexibility index (Phi) is 7.76. The van der Waals surface area contributed by atoms with Gasteiger partial charge in [-0.15, -0.1) is 0 Å². The molecule has 1 aliphatic rings. The smallest absolute Gasteiger partial charge is 0.419 e. The lowest BCUT2D eigenvalue weighted by molar-refractivity contribution is -0.138. The lowest BCUT2D eigenvalue weighted by atomic mass is 10.1. The largest absolute Gasteiger partial charge is 0.493 e. The van der Waals surface area contributed by atoms with Crippen molar-refractivity contribution in [2.75, 3.05) is 13.2 Å². The van der Waals surface area contributed by atoms with Crippen molar-refractivity contribution in [1.29, 1.82) is 0 Å². The summed E-state index contributed by atoms with van der Waals surface area (Å²) in [6, 6.07) is 2.84. The zero-order valence-electron chi connectivity index (χ0n) is 17.8. The van der Waals surface area contributed by atoms with E-state index in [0.717, 1.165) is 43.1 Å². The van der Waals surface area contributed by atoms with Crippen LogP contribution in [0.5, 0.6) is 5.75 Å². The predicted octanol–water partition coefficient (Wildman–Crippen LogP) is 6.09. The Bertz CT molecular complexity index is 943. The molecule has 1 N–H and O–H groups in total. The number of halogens is 3. The molecule has 0 fully saturated rings. The number of hydrogen-bond donors (Lipinski definition) is 1. The van der Waals surface area contributed by atoms with E-state index in [4.69, 9.17) is 9.26 Å². The highest BCUT2D eigenvalue weighted by Crippen LogP contribution is 2.39. The number of benzene rings is 1. The highest BCUT2D eigenvalue weighted by Gasteiger charge is 2.35. The molecular weight excluding hydrogens is 427 g/mol. The lowest BCUT2D eigenvalue weighted by Crippen LogP contribution is -2.29. The van der Waals surface area contributed by atoms with Gasteiger partial charge in [-0.3, -0.25) is 4.90 Å². The van der Waals surface area contributed by atoms with Crippen LogP contribution in [-0.4, -0.2) is 39.4 Å². The SMILES string of the molecule is CCCCCCCCOc1ccc(-c2noc([C@@H]3C=CCN3C(=O)O)n2)cc1C(F)(F)F. The number of hydrogen-bond acceptors (Lipinski definition) is 5. The van der Waals surface area contributed by atoms with Gasteiger partial charge in [0.05, 0.1) is 12.2 Å². The van der Waals surface area contributed by atoms with Crippen LogP contribution in [0.1, 0.15) is 62.9 Å². The Morgan fingerprint density at radius 3 is 2.72 bits per heavy atom. The van der Waals surface area contributed by atoms with Crippen LogP contribution < -0.4 is 4.74 Å². The molecule has 1 aromatic carbocycles. The number of carbonyl (C=O) groups is 1. The first-order valence-corrected chi connectivity index (χ1v) is 10.7. The molecule has 0 saturated heterocycles. The van der Waals surface area contributed by atoms with Crippen LogP contribution in [0.15, 0.2) is 34.9 Å². The zero-order valence-corrected chi connectivity index (χ0v) is 17.8. The lowest BCUT2D eigenvalue weighted by Gasteiger charge is -2.17. The van der Waals surface area contributed by atoms with Crippen molar-refractivity contribution in [1.82, 2.24) is 15.0 Å². The summed E-state index contributed by atoms with van der Waals surface area (Å²) in [5.41, 5.74) is -0.816. The summed E-state index contributed by atoms with van der Waals surface area (Å²) in [7, 11) is 0. The van der Waals surface area contributed by atoms with E-state index >= 15 is 0 Å². The molecule has 10 heteroatoms. The molecule has 32 heavy (non-hydrogen) atoms. The fourth-order valence-corrected chi connectivity index (χ4v) is 3.49. The average molecular weight is 453 g/mol. The van der Waals surface area contributed by atoms with Crippen LogP contribution in [0.2, 0.25) is 0 Å². The Labute approximate surface area is 183 Å². The van der Waals surface area contributed by atoms with Crippen LogP contribution >= 0.6 is 0 Å². The number of nitrogens with zero attached hydrogens (tertiary/aromatic N) is 3. The Morgan fingerprint density at radius 1 is 1.25 bits per heavy atom. The molecule has 2 aromatic rings. The zero-order chi connectivity index (χ0) is 23.1. The molecule has 1 aromatic heterocycles. The second-order valence-electron chi connectivity index (χ2n) is 7.59. The summed E-state index contributed by atoms with van der Waals surface area (Å²) in [5, 5.41) is 13.0. The predicted molar refractivity (Wildman–Crippen MR) is 110 cm³/mol. The van der Waals surface area contributed by atoms with E-state index in [-0.39, 0.29) is 36.2 Å². The molecule has 1 amide bonds. The molecule has 0 saturated carbocycles. The Balaban J connectivity index is 1.71. The van der Waals surface area contributed by atoms with Gasteiger partial charge in [-0.05, 0) is 24.6 Å². The maximum absolute atomic E-state index is 13.6. The number of unbranched alkanes of at least 4 members (excludes halogenated alkanes) is 5. The molecule has 2 heterocycles. The van der Waals surface area contributed by atoms with Gasteiger partial charge in [0.15, 0.2) is 0 Å². The first-order chi connectivity index (χ1) is 15.3. The Morgan fingerprint density at radius 2 is 2.00 bits per heavy atom. The monoisotopic (exact) mass is 453 g/mol. The number of amides is 1. The molecular formula is C22H26F3N3O4. The molecule has 0 bridgehead atoms. The third-order valence-electron chi connectivity index (χ3n) is 5.20. The van der Waals surface area contributed by atoms with Crippen molar-refractivity contribution in [2.24, 2.45) is 0 Å². The van der Waals surface area contributed by atoms with Gasteiger partial charge in [-0.2, -0.15) is 18.2 Å². The number of carboxylic acid groups (broad SMARTS) is 1. The molecule has 3 rings (SSSR count). The van der Waals surface area contributed by atoms with E-state index in [2.05, 4.69) is 17.1 Å². The van der Waals surface area contributed by atoms with Crippen LogP contribution in [0.3, 0.4) is 0 Å². The van der Waals surface area contributed by atoms with Crippen molar-refractivity contribution in [3.63, 3.8) is 0 Å². The minimum atomic E-state index is -4.62. The van der Waals surface area contributed by atoms with Gasteiger partial charge in [-0.25, -0.2) is 4.79 Å². The van der Waals surface area contributed by atoms with Crippen molar-refractivity contribution in [3.8, 4) is 17.1 Å². The van der Waals surface area contributed by atoms with Crippen molar-refractivity contribution in [2.45, 2.75) is 57.7 Å². The second kappa shape index (κ2) is 10.5. The third kappa shape index (κ3) is 5.80. The summed E-state index contributed by atoms with van der Waals surface area (Å²) in [5.74, 6) is -0.305. The molecule has 1 atom stereocenters. The van der Waals surface area contributed by atoms with E-state index in [9.17, 15) is 23.1 Å². The van der Waals surface area contributed by atoms with Gasteiger partial charge in [-0.1, -0.05) is 56.3 Å².